The molecule has 0 aromatic heterocycles. The number of hydrogen-bond donors (Lipinski definition) is 1. The summed E-state index contributed by atoms with van der Waals surface area (Å²) in [6.45, 7) is 0. The summed E-state index contributed by atoms with van der Waals surface area (Å²) < 4.78 is 120. The number of alkyl halides is 10. The normalized spacial score (nSPS) is 14.4. The Labute approximate surface area is 97.4 Å². The Kier molecular flexibility index (Phi) is 4.30. The Hall–Kier alpha value is -1.36. The van der Waals surface area contributed by atoms with Gasteiger partial charge in [-0.15, -0.1) is 0 Å². The molecule has 0 aliphatic heterocycles. The van der Waals surface area contributed by atoms with Crippen LogP contribution in [0.15, 0.2) is 0 Å². The smallest absolute Gasteiger partial charge is 0.300 e. The molecule has 19 heavy (non-hydrogen) atoms. The zero-order valence-corrected chi connectivity index (χ0v) is 8.39. The molecule has 0 aliphatic carbocycles. The predicted octanol–water partition coefficient (Wildman–Crippen LogP) is 3.36. The van der Waals surface area contributed by atoms with Crippen LogP contribution in [0.1, 0.15) is 6.42 Å². The molecule has 0 atom stereocenters. The van der Waals surface area contributed by atoms with Crippen molar-refractivity contribution in [3.8, 4) is 0 Å². The van der Waals surface area contributed by atoms with Gasteiger partial charge >= 0.3 is 24.2 Å². The van der Waals surface area contributed by atoms with E-state index in [0.29, 0.717) is 0 Å². The lowest BCUT2D eigenvalue weighted by Gasteiger charge is -2.27. The SMILES string of the molecule is N=C(CC(=O)C(F)(F)C(F)(F)C(F)(F)F)C(F)(F)F. The van der Waals surface area contributed by atoms with Gasteiger partial charge in [-0.1, -0.05) is 0 Å². The van der Waals surface area contributed by atoms with E-state index in [2.05, 4.69) is 0 Å². The van der Waals surface area contributed by atoms with E-state index < -0.39 is 42.1 Å². The number of halogens is 10. The second-order valence-electron chi connectivity index (χ2n) is 3.22. The summed E-state index contributed by atoms with van der Waals surface area (Å²) in [5, 5.41) is 6.11. The van der Waals surface area contributed by atoms with Crippen LogP contribution in [0.3, 0.4) is 0 Å². The lowest BCUT2D eigenvalue weighted by molar-refractivity contribution is -0.343. The van der Waals surface area contributed by atoms with Crippen LogP contribution in [-0.4, -0.2) is 35.7 Å². The molecular weight excluding hydrogens is 304 g/mol. The van der Waals surface area contributed by atoms with Crippen LogP contribution in [0, 0.1) is 5.41 Å². The molecule has 0 rings (SSSR count). The van der Waals surface area contributed by atoms with Crippen molar-refractivity contribution in [1.29, 1.82) is 5.41 Å². The van der Waals surface area contributed by atoms with E-state index in [-0.39, 0.29) is 0 Å². The first-order valence-corrected chi connectivity index (χ1v) is 4.05. The maximum atomic E-state index is 12.6. The quantitative estimate of drug-likeness (QED) is 0.628. The third-order valence-corrected chi connectivity index (χ3v) is 1.78. The predicted molar refractivity (Wildman–Crippen MR) is 39.4 cm³/mol. The first-order valence-electron chi connectivity index (χ1n) is 4.05. The maximum absolute atomic E-state index is 12.6. The minimum Gasteiger partial charge on any atom is -0.300 e. The summed E-state index contributed by atoms with van der Waals surface area (Å²) in [6, 6.07) is 0. The van der Waals surface area contributed by atoms with E-state index in [9.17, 15) is 48.7 Å². The van der Waals surface area contributed by atoms with Gasteiger partial charge < -0.3 is 5.41 Å². The molecule has 0 saturated carbocycles. The van der Waals surface area contributed by atoms with Crippen LogP contribution in [0.25, 0.3) is 0 Å². The minimum absolute atomic E-state index is 2.60. The largest absolute Gasteiger partial charge is 0.460 e. The highest BCUT2D eigenvalue weighted by molar-refractivity contribution is 6.06. The molecule has 0 bridgehead atoms. The zero-order chi connectivity index (χ0) is 15.9. The van der Waals surface area contributed by atoms with Gasteiger partial charge in [0.1, 0.15) is 5.71 Å². The highest BCUT2D eigenvalue weighted by Gasteiger charge is 2.75. The standard InChI is InChI=1S/C7H3F10NO/c8-4(9,6(13,14)7(15,16)17)3(19)1-2(18)5(10,11)12/h18H,1H2. The highest BCUT2D eigenvalue weighted by Crippen LogP contribution is 2.47. The zero-order valence-electron chi connectivity index (χ0n) is 8.39. The molecule has 1 N–H and O–H groups in total. The molecule has 0 spiro atoms. The monoisotopic (exact) mass is 307 g/mol. The molecule has 2 nitrogen and oxygen atoms in total. The fourth-order valence-electron chi connectivity index (χ4n) is 0.725. The van der Waals surface area contributed by atoms with E-state index >= 15 is 0 Å². The summed E-state index contributed by atoms with van der Waals surface area (Å²) in [7, 11) is 0. The molecule has 0 fully saturated rings. The number of nitrogens with one attached hydrogen (secondary N) is 1. The summed E-state index contributed by atoms with van der Waals surface area (Å²) in [5.41, 5.74) is -2.66. The average molecular weight is 307 g/mol. The molecule has 0 radical (unpaired) electrons. The molecule has 12 heteroatoms. The topological polar surface area (TPSA) is 40.9 Å². The van der Waals surface area contributed by atoms with Gasteiger partial charge in [-0.2, -0.15) is 43.9 Å². The third-order valence-electron chi connectivity index (χ3n) is 1.78. The number of hydrogen-bond acceptors (Lipinski definition) is 2. The Bertz CT molecular complexity index is 378. The van der Waals surface area contributed by atoms with Crippen LogP contribution in [0.4, 0.5) is 43.9 Å². The van der Waals surface area contributed by atoms with E-state index in [1.807, 2.05) is 0 Å². The van der Waals surface area contributed by atoms with E-state index in [4.69, 9.17) is 5.41 Å². The molecular formula is C7H3F10NO. The second-order valence-corrected chi connectivity index (χ2v) is 3.22. The molecule has 0 amide bonds. The van der Waals surface area contributed by atoms with Gasteiger partial charge in [0.05, 0.1) is 6.42 Å². The van der Waals surface area contributed by atoms with Crippen LogP contribution >= 0.6 is 0 Å². The fraction of sp³-hybridized carbons (Fsp3) is 0.714. The van der Waals surface area contributed by atoms with Crippen LogP contribution in [0.2, 0.25) is 0 Å². The summed E-state index contributed by atoms with van der Waals surface area (Å²) in [6.07, 6.45) is -15.0. The number of carbonyl (C=O) groups is 1. The Morgan fingerprint density at radius 3 is 1.47 bits per heavy atom. The van der Waals surface area contributed by atoms with Gasteiger partial charge in [0, 0.05) is 0 Å². The molecule has 112 valence electrons. The van der Waals surface area contributed by atoms with Gasteiger partial charge in [0.15, 0.2) is 0 Å². The summed E-state index contributed by atoms with van der Waals surface area (Å²) >= 11 is 0. The summed E-state index contributed by atoms with van der Waals surface area (Å²) in [5.74, 6) is -16.6. The van der Waals surface area contributed by atoms with Crippen molar-refractivity contribution >= 4 is 11.5 Å². The van der Waals surface area contributed by atoms with Crippen LogP contribution < -0.4 is 0 Å². The number of carbonyl (C=O) groups excluding carboxylic acids is 1. The van der Waals surface area contributed by atoms with Crippen LogP contribution in [0.5, 0.6) is 0 Å². The fourth-order valence-corrected chi connectivity index (χ4v) is 0.725. The molecule has 0 unspecified atom stereocenters. The Morgan fingerprint density at radius 1 is 0.842 bits per heavy atom. The molecule has 0 saturated heterocycles. The second kappa shape index (κ2) is 4.63. The van der Waals surface area contributed by atoms with Crippen molar-refractivity contribution in [2.75, 3.05) is 0 Å². The number of Topliss-reactive ketones (excluding diaryl/α,β-unsaturated/α-hetero) is 1. The molecule has 0 aromatic carbocycles. The molecule has 0 aromatic rings. The van der Waals surface area contributed by atoms with Gasteiger partial charge in [-0.25, -0.2) is 0 Å². The van der Waals surface area contributed by atoms with Gasteiger partial charge in [-0.3, -0.25) is 4.79 Å². The average Bonchev–Trinajstić information content (AvgIpc) is 2.13. The maximum Gasteiger partial charge on any atom is 0.460 e. The molecule has 0 heterocycles. The van der Waals surface area contributed by atoms with Crippen molar-refractivity contribution in [2.24, 2.45) is 0 Å². The van der Waals surface area contributed by atoms with E-state index in [1.54, 1.807) is 0 Å². The number of rotatable bonds is 4. The minimum atomic E-state index is -6.83. The van der Waals surface area contributed by atoms with Crippen molar-refractivity contribution in [3.05, 3.63) is 0 Å². The Morgan fingerprint density at radius 2 is 1.21 bits per heavy atom. The molecule has 0 aliphatic rings. The summed E-state index contributed by atoms with van der Waals surface area (Å²) in [4.78, 5) is 10.4. The highest BCUT2D eigenvalue weighted by atomic mass is 19.4. The lowest BCUT2D eigenvalue weighted by atomic mass is 10.0. The first-order chi connectivity index (χ1) is 8.05. The lowest BCUT2D eigenvalue weighted by Crippen LogP contribution is -2.56. The van der Waals surface area contributed by atoms with Crippen molar-refractivity contribution < 1.29 is 48.7 Å². The van der Waals surface area contributed by atoms with Crippen molar-refractivity contribution in [3.63, 3.8) is 0 Å². The van der Waals surface area contributed by atoms with Gasteiger partial charge in [0.2, 0.25) is 5.78 Å². The van der Waals surface area contributed by atoms with Gasteiger partial charge in [0.25, 0.3) is 0 Å². The van der Waals surface area contributed by atoms with Crippen LogP contribution in [-0.2, 0) is 4.79 Å². The van der Waals surface area contributed by atoms with Crippen molar-refractivity contribution in [1.82, 2.24) is 0 Å². The number of ketones is 1. The first kappa shape index (κ1) is 17.6. The van der Waals surface area contributed by atoms with Gasteiger partial charge in [-0.05, 0) is 0 Å². The van der Waals surface area contributed by atoms with E-state index in [0.717, 1.165) is 0 Å². The van der Waals surface area contributed by atoms with E-state index in [1.165, 1.54) is 0 Å². The van der Waals surface area contributed by atoms with Crippen molar-refractivity contribution in [2.45, 2.75) is 30.6 Å². The Balaban J connectivity index is 5.25. The third kappa shape index (κ3) is 3.35.